The van der Waals surface area contributed by atoms with Crippen molar-refractivity contribution in [1.82, 2.24) is 0 Å². The molecule has 0 spiro atoms. The van der Waals surface area contributed by atoms with Crippen molar-refractivity contribution in [3.05, 3.63) is 52.8 Å². The lowest BCUT2D eigenvalue weighted by molar-refractivity contribution is 0.0455. The smallest absolute Gasteiger partial charge is 0.165 e. The molecule has 1 aliphatic rings. The Kier molecular flexibility index (Phi) is 4.41. The molecule has 1 unspecified atom stereocenters. The van der Waals surface area contributed by atoms with E-state index in [4.69, 9.17) is 15.1 Å². The Morgan fingerprint density at radius 3 is 2.62 bits per heavy atom. The van der Waals surface area contributed by atoms with Gasteiger partial charge in [0.25, 0.3) is 0 Å². The number of benzene rings is 2. The molecule has 0 saturated carbocycles. The number of rotatable bonds is 3. The van der Waals surface area contributed by atoms with Gasteiger partial charge in [-0.25, -0.2) is 13.2 Å². The van der Waals surface area contributed by atoms with Crippen molar-refractivity contribution in [2.75, 3.05) is 0 Å². The number of fused-ring (bicyclic) bond motifs is 1. The number of hydrogen-bond donors (Lipinski definition) is 2. The summed E-state index contributed by atoms with van der Waals surface area (Å²) in [7, 11) is 0. The summed E-state index contributed by atoms with van der Waals surface area (Å²) in [5, 5.41) is 24.2. The second-order valence-corrected chi connectivity index (χ2v) is 5.86. The van der Waals surface area contributed by atoms with Crippen LogP contribution in [-0.4, -0.2) is 11.3 Å². The van der Waals surface area contributed by atoms with Crippen LogP contribution in [0.3, 0.4) is 0 Å². The van der Waals surface area contributed by atoms with Crippen LogP contribution in [0.2, 0.25) is 0 Å². The molecule has 2 aromatic rings. The Morgan fingerprint density at radius 2 is 1.96 bits per heavy atom. The summed E-state index contributed by atoms with van der Waals surface area (Å²) in [6.07, 6.45) is -5.90. The number of halogens is 3. The molecule has 0 aromatic heterocycles. The largest absolute Gasteiger partial charge is 0.457 e. The fraction of sp³-hybridized carbons (Fsp3) is 0.188. The van der Waals surface area contributed by atoms with Crippen LogP contribution >= 0.6 is 11.9 Å². The van der Waals surface area contributed by atoms with Crippen LogP contribution in [0.15, 0.2) is 35.2 Å². The average molecular weight is 352 g/mol. The fourth-order valence-corrected chi connectivity index (χ4v) is 3.17. The van der Waals surface area contributed by atoms with Gasteiger partial charge in [-0.3, -0.25) is 5.14 Å². The number of aliphatic hydroxyl groups excluding tert-OH is 1. The lowest BCUT2D eigenvalue weighted by Crippen LogP contribution is -2.09. The zero-order valence-electron chi connectivity index (χ0n) is 12.0. The summed E-state index contributed by atoms with van der Waals surface area (Å²) in [6, 6.07) is 7.90. The van der Waals surface area contributed by atoms with Crippen molar-refractivity contribution in [3.63, 3.8) is 0 Å². The lowest BCUT2D eigenvalue weighted by atomic mass is 10.1. The maximum atomic E-state index is 14.3. The molecule has 3 atom stereocenters. The molecule has 0 radical (unpaired) electrons. The minimum atomic E-state index is -2.14. The molecule has 1 aliphatic carbocycles. The number of nitrogens with two attached hydrogens (primary N) is 1. The van der Waals surface area contributed by atoms with Gasteiger partial charge in [-0.15, -0.1) is 0 Å². The van der Waals surface area contributed by atoms with E-state index in [9.17, 15) is 18.3 Å². The van der Waals surface area contributed by atoms with Crippen molar-refractivity contribution in [2.24, 2.45) is 5.14 Å². The van der Waals surface area contributed by atoms with E-state index < -0.39 is 24.3 Å². The molecule has 0 aliphatic heterocycles. The molecule has 24 heavy (non-hydrogen) atoms. The second-order valence-electron chi connectivity index (χ2n) is 5.19. The van der Waals surface area contributed by atoms with Crippen molar-refractivity contribution < 1.29 is 23.0 Å². The minimum Gasteiger partial charge on any atom is -0.457 e. The molecule has 124 valence electrons. The van der Waals surface area contributed by atoms with Crippen molar-refractivity contribution >= 4 is 11.9 Å². The van der Waals surface area contributed by atoms with Gasteiger partial charge in [0, 0.05) is 22.1 Å². The van der Waals surface area contributed by atoms with Gasteiger partial charge in [0.05, 0.1) is 11.6 Å². The molecule has 3 rings (SSSR count). The normalized spacial score (nSPS) is 22.1. The highest BCUT2D eigenvalue weighted by Gasteiger charge is 2.44. The van der Waals surface area contributed by atoms with Gasteiger partial charge in [0.1, 0.15) is 23.4 Å². The van der Waals surface area contributed by atoms with Crippen LogP contribution < -0.4 is 9.88 Å². The monoisotopic (exact) mass is 352 g/mol. The Bertz CT molecular complexity index is 841. The Hall–Kier alpha value is -2.21. The maximum absolute atomic E-state index is 14.3. The predicted molar refractivity (Wildman–Crippen MR) is 81.4 cm³/mol. The molecular formula is C16H11F3N2O2S. The number of nitrogens with zero attached hydrogens (tertiary/aromatic N) is 1. The minimum absolute atomic E-state index is 0.0241. The van der Waals surface area contributed by atoms with Crippen LogP contribution in [-0.2, 0) is 0 Å². The van der Waals surface area contributed by atoms with Gasteiger partial charge in [-0.2, -0.15) is 5.26 Å². The van der Waals surface area contributed by atoms with Crippen LogP contribution in [0.5, 0.6) is 11.5 Å². The average Bonchev–Trinajstić information content (AvgIpc) is 2.80. The van der Waals surface area contributed by atoms with E-state index in [0.717, 1.165) is 24.1 Å². The maximum Gasteiger partial charge on any atom is 0.165 e. The van der Waals surface area contributed by atoms with Crippen LogP contribution in [0.25, 0.3) is 0 Å². The highest BCUT2D eigenvalue weighted by Crippen LogP contribution is 2.51. The highest BCUT2D eigenvalue weighted by atomic mass is 32.2. The molecule has 4 nitrogen and oxygen atoms in total. The quantitative estimate of drug-likeness (QED) is 0.820. The third kappa shape index (κ3) is 2.71. The van der Waals surface area contributed by atoms with Gasteiger partial charge in [0.2, 0.25) is 0 Å². The molecule has 8 heteroatoms. The SMILES string of the molecule is N#Cc1cc(F)cc(Oc2ccc(SN)c3c2[C@@H](F)C(F)[C@H]3O)c1. The predicted octanol–water partition coefficient (Wildman–Crippen LogP) is 3.85. The first-order valence-corrected chi connectivity index (χ1v) is 7.72. The Morgan fingerprint density at radius 1 is 1.21 bits per heavy atom. The number of hydrogen-bond acceptors (Lipinski definition) is 5. The third-order valence-corrected chi connectivity index (χ3v) is 4.33. The van der Waals surface area contributed by atoms with Gasteiger partial charge >= 0.3 is 0 Å². The van der Waals surface area contributed by atoms with Crippen LogP contribution in [0, 0.1) is 17.1 Å². The van der Waals surface area contributed by atoms with Crippen molar-refractivity contribution in [3.8, 4) is 17.6 Å². The van der Waals surface area contributed by atoms with E-state index in [1.807, 2.05) is 0 Å². The van der Waals surface area contributed by atoms with Gasteiger partial charge in [-0.1, -0.05) is 0 Å². The van der Waals surface area contributed by atoms with Gasteiger partial charge < -0.3 is 9.84 Å². The summed E-state index contributed by atoms with van der Waals surface area (Å²) in [5.74, 6) is -0.801. The molecule has 0 fully saturated rings. The zero-order valence-corrected chi connectivity index (χ0v) is 12.9. The standard InChI is InChI=1S/C16H11F3N2O2S/c17-8-3-7(6-20)4-9(5-8)23-10-1-2-11(24-21)13-12(10)14(18)15(19)16(13)22/h1-5,14-16,22H,21H2/t14-,15?,16+/m1/s1. The molecule has 0 heterocycles. The third-order valence-electron chi connectivity index (χ3n) is 3.72. The second kappa shape index (κ2) is 6.36. The van der Waals surface area contributed by atoms with Crippen molar-refractivity contribution in [1.29, 1.82) is 5.26 Å². The van der Waals surface area contributed by atoms with Gasteiger partial charge in [0.15, 0.2) is 12.3 Å². The summed E-state index contributed by atoms with van der Waals surface area (Å²) < 4.78 is 47.1. The zero-order chi connectivity index (χ0) is 17.4. The first-order chi connectivity index (χ1) is 11.5. The van der Waals surface area contributed by atoms with Crippen molar-refractivity contribution in [2.45, 2.75) is 23.3 Å². The van der Waals surface area contributed by atoms with E-state index >= 15 is 0 Å². The molecule has 3 N–H and O–H groups in total. The van der Waals surface area contributed by atoms with Crippen LogP contribution in [0.1, 0.15) is 29.0 Å². The molecule has 0 amide bonds. The van der Waals surface area contributed by atoms with E-state index in [-0.39, 0.29) is 28.2 Å². The molecule has 0 bridgehead atoms. The topological polar surface area (TPSA) is 79.3 Å². The van der Waals surface area contributed by atoms with E-state index in [0.29, 0.717) is 4.90 Å². The first-order valence-electron chi connectivity index (χ1n) is 6.84. The molecular weight excluding hydrogens is 341 g/mol. The summed E-state index contributed by atoms with van der Waals surface area (Å²) in [5.41, 5.74) is -0.110. The Balaban J connectivity index is 2.08. The summed E-state index contributed by atoms with van der Waals surface area (Å²) in [6.45, 7) is 0. The van der Waals surface area contributed by atoms with E-state index in [1.165, 1.54) is 18.2 Å². The fourth-order valence-electron chi connectivity index (χ4n) is 2.67. The number of ether oxygens (including phenoxy) is 1. The van der Waals surface area contributed by atoms with E-state index in [2.05, 4.69) is 0 Å². The van der Waals surface area contributed by atoms with E-state index in [1.54, 1.807) is 6.07 Å². The first kappa shape index (κ1) is 16.6. The van der Waals surface area contributed by atoms with Gasteiger partial charge in [-0.05, 0) is 36.2 Å². The van der Waals surface area contributed by atoms with Crippen LogP contribution in [0.4, 0.5) is 13.2 Å². The highest BCUT2D eigenvalue weighted by molar-refractivity contribution is 7.97. The number of aliphatic hydroxyl groups is 1. The number of alkyl halides is 2. The molecule has 2 aromatic carbocycles. The number of nitriles is 1. The molecule has 0 saturated heterocycles. The summed E-state index contributed by atoms with van der Waals surface area (Å²) >= 11 is 0.754. The Labute approximate surface area is 139 Å². The summed E-state index contributed by atoms with van der Waals surface area (Å²) in [4.78, 5) is 0.324. The lowest BCUT2D eigenvalue weighted by Gasteiger charge is -2.14.